The molecule has 0 aliphatic rings. The molecule has 8 heteroatoms. The van der Waals surface area contributed by atoms with Crippen LogP contribution >= 0.6 is 0 Å². The van der Waals surface area contributed by atoms with E-state index in [1.54, 1.807) is 44.0 Å². The van der Waals surface area contributed by atoms with Crippen LogP contribution in [0.25, 0.3) is 0 Å². The van der Waals surface area contributed by atoms with E-state index in [1.807, 2.05) is 0 Å². The summed E-state index contributed by atoms with van der Waals surface area (Å²) in [6, 6.07) is 3.42. The molecule has 0 atom stereocenters. The van der Waals surface area contributed by atoms with Gasteiger partial charge in [-0.15, -0.1) is 0 Å². The second-order valence-electron chi connectivity index (χ2n) is 4.91. The summed E-state index contributed by atoms with van der Waals surface area (Å²) in [5, 5.41) is 4.10. The standard InChI is InChI=1S/C13H19N5O2S/c1-9-4-5-11(14)10(2)13(9)21(19,20)16-7-6-12-15-8-18(3)17-12/h4-5,8,16H,6-7,14H2,1-3H3. The molecule has 21 heavy (non-hydrogen) atoms. The number of benzene rings is 1. The number of sulfonamides is 1. The van der Waals surface area contributed by atoms with Crippen LogP contribution in [0.4, 0.5) is 5.69 Å². The Balaban J connectivity index is 2.14. The van der Waals surface area contributed by atoms with Crippen LogP contribution in [-0.2, 0) is 23.5 Å². The van der Waals surface area contributed by atoms with Crippen molar-refractivity contribution < 1.29 is 8.42 Å². The fraction of sp³-hybridized carbons (Fsp3) is 0.385. The van der Waals surface area contributed by atoms with E-state index < -0.39 is 10.0 Å². The van der Waals surface area contributed by atoms with Crippen molar-refractivity contribution in [2.24, 2.45) is 7.05 Å². The van der Waals surface area contributed by atoms with Crippen molar-refractivity contribution >= 4 is 15.7 Å². The maximum absolute atomic E-state index is 12.4. The zero-order valence-electron chi connectivity index (χ0n) is 12.3. The Kier molecular flexibility index (Phi) is 4.29. The van der Waals surface area contributed by atoms with Crippen LogP contribution in [0, 0.1) is 13.8 Å². The monoisotopic (exact) mass is 309 g/mol. The van der Waals surface area contributed by atoms with E-state index in [2.05, 4.69) is 14.8 Å². The molecule has 7 nitrogen and oxygen atoms in total. The Morgan fingerprint density at radius 2 is 2.05 bits per heavy atom. The summed E-state index contributed by atoms with van der Waals surface area (Å²) in [6.45, 7) is 3.69. The molecular weight excluding hydrogens is 290 g/mol. The number of anilines is 1. The summed E-state index contributed by atoms with van der Waals surface area (Å²) in [5.41, 5.74) is 7.50. The van der Waals surface area contributed by atoms with Crippen LogP contribution in [0.3, 0.4) is 0 Å². The fourth-order valence-corrected chi connectivity index (χ4v) is 3.65. The van der Waals surface area contributed by atoms with Crippen LogP contribution in [0.15, 0.2) is 23.4 Å². The lowest BCUT2D eigenvalue weighted by molar-refractivity contribution is 0.579. The summed E-state index contributed by atoms with van der Waals surface area (Å²) in [5.74, 6) is 0.598. The molecule has 0 unspecified atom stereocenters. The SMILES string of the molecule is Cc1ccc(N)c(C)c1S(=O)(=O)NCCc1ncn(C)n1. The number of nitrogens with two attached hydrogens (primary N) is 1. The van der Waals surface area contributed by atoms with E-state index >= 15 is 0 Å². The normalized spacial score (nSPS) is 11.8. The van der Waals surface area contributed by atoms with Gasteiger partial charge in [0.25, 0.3) is 0 Å². The lowest BCUT2D eigenvalue weighted by atomic mass is 10.1. The molecule has 114 valence electrons. The Morgan fingerprint density at radius 3 is 2.67 bits per heavy atom. The maximum Gasteiger partial charge on any atom is 0.241 e. The van der Waals surface area contributed by atoms with E-state index in [-0.39, 0.29) is 11.4 Å². The van der Waals surface area contributed by atoms with E-state index in [0.29, 0.717) is 29.1 Å². The molecule has 0 aliphatic heterocycles. The lowest BCUT2D eigenvalue weighted by Crippen LogP contribution is -2.27. The third-order valence-electron chi connectivity index (χ3n) is 3.20. The number of rotatable bonds is 5. The first-order valence-electron chi connectivity index (χ1n) is 6.51. The molecule has 1 aromatic carbocycles. The number of hydrogen-bond acceptors (Lipinski definition) is 5. The number of hydrogen-bond donors (Lipinski definition) is 2. The van der Waals surface area contributed by atoms with E-state index in [4.69, 9.17) is 5.73 Å². The topological polar surface area (TPSA) is 103 Å². The first kappa shape index (κ1) is 15.5. The van der Waals surface area contributed by atoms with Crippen LogP contribution in [0.5, 0.6) is 0 Å². The summed E-state index contributed by atoms with van der Waals surface area (Å²) in [7, 11) is -1.84. The predicted octanol–water partition coefficient (Wildman–Crippen LogP) is 0.535. The molecule has 0 saturated carbocycles. The highest BCUT2D eigenvalue weighted by atomic mass is 32.2. The van der Waals surface area contributed by atoms with Gasteiger partial charge in [0.05, 0.1) is 4.90 Å². The smallest absolute Gasteiger partial charge is 0.241 e. The minimum absolute atomic E-state index is 0.236. The second kappa shape index (κ2) is 5.82. The predicted molar refractivity (Wildman–Crippen MR) is 80.2 cm³/mol. The van der Waals surface area contributed by atoms with E-state index in [1.165, 1.54) is 0 Å². The highest BCUT2D eigenvalue weighted by Gasteiger charge is 2.20. The Labute approximate surface area is 124 Å². The van der Waals surface area contributed by atoms with Gasteiger partial charge >= 0.3 is 0 Å². The van der Waals surface area contributed by atoms with Crippen molar-refractivity contribution in [1.29, 1.82) is 0 Å². The largest absolute Gasteiger partial charge is 0.398 e. The zero-order valence-corrected chi connectivity index (χ0v) is 13.1. The van der Waals surface area contributed by atoms with Crippen LogP contribution in [-0.4, -0.2) is 29.7 Å². The Bertz CT molecular complexity index is 752. The number of nitrogen functional groups attached to an aromatic ring is 1. The van der Waals surface area contributed by atoms with E-state index in [9.17, 15) is 8.42 Å². The third-order valence-corrected chi connectivity index (χ3v) is 4.95. The van der Waals surface area contributed by atoms with Crippen molar-refractivity contribution in [3.63, 3.8) is 0 Å². The lowest BCUT2D eigenvalue weighted by Gasteiger charge is -2.13. The average Bonchev–Trinajstić information content (AvgIpc) is 2.80. The summed E-state index contributed by atoms with van der Waals surface area (Å²) in [6.07, 6.45) is 2.01. The van der Waals surface area contributed by atoms with Crippen molar-refractivity contribution in [2.75, 3.05) is 12.3 Å². The van der Waals surface area contributed by atoms with Crippen LogP contribution in [0.1, 0.15) is 17.0 Å². The molecule has 2 rings (SSSR count). The number of aromatic nitrogens is 3. The summed E-state index contributed by atoms with van der Waals surface area (Å²) >= 11 is 0. The Hall–Kier alpha value is -1.93. The number of nitrogens with zero attached hydrogens (tertiary/aromatic N) is 3. The van der Waals surface area contributed by atoms with Gasteiger partial charge < -0.3 is 5.73 Å². The van der Waals surface area contributed by atoms with Crippen molar-refractivity contribution in [3.8, 4) is 0 Å². The van der Waals surface area contributed by atoms with Gasteiger partial charge in [0.2, 0.25) is 10.0 Å². The number of nitrogens with one attached hydrogen (secondary N) is 1. The van der Waals surface area contributed by atoms with Crippen molar-refractivity contribution in [3.05, 3.63) is 35.4 Å². The van der Waals surface area contributed by atoms with Gasteiger partial charge in [-0.3, -0.25) is 4.68 Å². The summed E-state index contributed by atoms with van der Waals surface area (Å²) in [4.78, 5) is 4.30. The minimum atomic E-state index is -3.60. The highest BCUT2D eigenvalue weighted by Crippen LogP contribution is 2.24. The molecular formula is C13H19N5O2S. The molecule has 0 bridgehead atoms. The first-order chi connectivity index (χ1) is 9.81. The molecule has 0 saturated heterocycles. The van der Waals surface area contributed by atoms with Gasteiger partial charge in [-0.1, -0.05) is 6.07 Å². The molecule has 3 N–H and O–H groups in total. The second-order valence-corrected chi connectivity index (χ2v) is 6.61. The quantitative estimate of drug-likeness (QED) is 0.784. The minimum Gasteiger partial charge on any atom is -0.398 e. The van der Waals surface area contributed by atoms with Crippen molar-refractivity contribution in [2.45, 2.75) is 25.2 Å². The van der Waals surface area contributed by atoms with Gasteiger partial charge in [-0.05, 0) is 31.0 Å². The van der Waals surface area contributed by atoms with Crippen LogP contribution in [0.2, 0.25) is 0 Å². The molecule has 1 heterocycles. The van der Waals surface area contributed by atoms with Crippen LogP contribution < -0.4 is 10.5 Å². The Morgan fingerprint density at radius 1 is 1.33 bits per heavy atom. The highest BCUT2D eigenvalue weighted by molar-refractivity contribution is 7.89. The molecule has 0 fully saturated rings. The third kappa shape index (κ3) is 3.40. The van der Waals surface area contributed by atoms with Gasteiger partial charge in [-0.2, -0.15) is 5.10 Å². The molecule has 0 amide bonds. The maximum atomic E-state index is 12.4. The zero-order chi connectivity index (χ0) is 15.6. The fourth-order valence-electron chi connectivity index (χ4n) is 2.12. The molecule has 1 aromatic heterocycles. The molecule has 0 radical (unpaired) electrons. The average molecular weight is 309 g/mol. The number of aryl methyl sites for hydroxylation is 2. The van der Waals surface area contributed by atoms with Gasteiger partial charge in [-0.25, -0.2) is 18.1 Å². The molecule has 0 spiro atoms. The summed E-state index contributed by atoms with van der Waals surface area (Å²) < 4.78 is 29.0. The van der Waals surface area contributed by atoms with Gasteiger partial charge in [0.1, 0.15) is 6.33 Å². The first-order valence-corrected chi connectivity index (χ1v) is 7.99. The molecule has 2 aromatic rings. The van der Waals surface area contributed by atoms with Gasteiger partial charge in [0.15, 0.2) is 5.82 Å². The van der Waals surface area contributed by atoms with E-state index in [0.717, 1.165) is 0 Å². The van der Waals surface area contributed by atoms with Crippen molar-refractivity contribution in [1.82, 2.24) is 19.5 Å². The molecule has 0 aliphatic carbocycles. The van der Waals surface area contributed by atoms with Gasteiger partial charge in [0, 0.05) is 25.7 Å².